The Bertz CT molecular complexity index is 574. The van der Waals surface area contributed by atoms with Crippen LogP contribution in [0.25, 0.3) is 0 Å². The number of nitrogens with two attached hydrogens (primary N) is 1. The number of nitrogens with zero attached hydrogens (tertiary/aromatic N) is 1. The average Bonchev–Trinajstić information content (AvgIpc) is 2.49. The van der Waals surface area contributed by atoms with Gasteiger partial charge < -0.3 is 15.4 Å². The predicted molar refractivity (Wildman–Crippen MR) is 79.6 cm³/mol. The molecule has 0 heterocycles. The average molecular weight is 274 g/mol. The van der Waals surface area contributed by atoms with Crippen molar-refractivity contribution in [1.82, 2.24) is 0 Å². The highest BCUT2D eigenvalue weighted by atomic mass is 19.1. The van der Waals surface area contributed by atoms with Crippen molar-refractivity contribution in [3.63, 3.8) is 0 Å². The number of benzene rings is 2. The van der Waals surface area contributed by atoms with Gasteiger partial charge in [0, 0.05) is 30.9 Å². The lowest BCUT2D eigenvalue weighted by atomic mass is 10.0. The molecule has 4 heteroatoms. The topological polar surface area (TPSA) is 38.5 Å². The van der Waals surface area contributed by atoms with Crippen LogP contribution in [0.1, 0.15) is 11.6 Å². The number of ether oxygens (including phenoxy) is 1. The van der Waals surface area contributed by atoms with Gasteiger partial charge in [-0.25, -0.2) is 4.39 Å². The zero-order valence-corrected chi connectivity index (χ0v) is 11.7. The summed E-state index contributed by atoms with van der Waals surface area (Å²) in [5.74, 6) is 0.524. The largest absolute Gasteiger partial charge is 0.497 e. The predicted octanol–water partition coefficient (Wildman–Crippen LogP) is 2.97. The minimum Gasteiger partial charge on any atom is -0.497 e. The third kappa shape index (κ3) is 2.91. The van der Waals surface area contributed by atoms with E-state index in [9.17, 15) is 4.39 Å². The van der Waals surface area contributed by atoms with E-state index in [2.05, 4.69) is 0 Å². The smallest absolute Gasteiger partial charge is 0.128 e. The third-order valence-corrected chi connectivity index (χ3v) is 3.42. The fraction of sp³-hybridized carbons (Fsp3) is 0.250. The summed E-state index contributed by atoms with van der Waals surface area (Å²) in [5.41, 5.74) is 7.37. The molecule has 2 N–H and O–H groups in total. The van der Waals surface area contributed by atoms with Crippen LogP contribution in [0.2, 0.25) is 0 Å². The summed E-state index contributed by atoms with van der Waals surface area (Å²) in [6.07, 6.45) is 0. The van der Waals surface area contributed by atoms with E-state index in [-0.39, 0.29) is 11.9 Å². The molecule has 2 aromatic carbocycles. The van der Waals surface area contributed by atoms with E-state index in [4.69, 9.17) is 10.5 Å². The van der Waals surface area contributed by atoms with E-state index in [0.29, 0.717) is 12.1 Å². The van der Waals surface area contributed by atoms with Gasteiger partial charge in [-0.15, -0.1) is 0 Å². The van der Waals surface area contributed by atoms with Crippen LogP contribution in [0.15, 0.2) is 48.5 Å². The molecule has 0 aliphatic carbocycles. The maximum absolute atomic E-state index is 13.9. The van der Waals surface area contributed by atoms with Gasteiger partial charge in [-0.1, -0.05) is 24.3 Å². The molecule has 20 heavy (non-hydrogen) atoms. The van der Waals surface area contributed by atoms with Crippen LogP contribution in [-0.4, -0.2) is 20.7 Å². The molecule has 0 saturated carbocycles. The summed E-state index contributed by atoms with van der Waals surface area (Å²) in [7, 11) is 3.52. The van der Waals surface area contributed by atoms with Gasteiger partial charge in [0.25, 0.3) is 0 Å². The molecule has 0 bridgehead atoms. The summed E-state index contributed by atoms with van der Waals surface area (Å²) in [6, 6.07) is 14.1. The molecule has 106 valence electrons. The van der Waals surface area contributed by atoms with Crippen molar-refractivity contribution >= 4 is 5.69 Å². The highest BCUT2D eigenvalue weighted by molar-refractivity contribution is 5.52. The molecule has 2 aromatic rings. The molecule has 0 amide bonds. The van der Waals surface area contributed by atoms with E-state index in [1.165, 1.54) is 6.07 Å². The highest BCUT2D eigenvalue weighted by Crippen LogP contribution is 2.28. The van der Waals surface area contributed by atoms with Crippen molar-refractivity contribution in [2.45, 2.75) is 6.04 Å². The van der Waals surface area contributed by atoms with E-state index in [1.807, 2.05) is 42.3 Å². The Kier molecular flexibility index (Phi) is 4.58. The Hall–Kier alpha value is -2.07. The second-order valence-electron chi connectivity index (χ2n) is 4.59. The molecule has 1 atom stereocenters. The fourth-order valence-electron chi connectivity index (χ4n) is 2.25. The molecule has 0 fully saturated rings. The van der Waals surface area contributed by atoms with E-state index in [1.54, 1.807) is 19.2 Å². The maximum atomic E-state index is 13.9. The molecule has 1 unspecified atom stereocenters. The van der Waals surface area contributed by atoms with Gasteiger partial charge in [-0.2, -0.15) is 0 Å². The summed E-state index contributed by atoms with van der Waals surface area (Å²) >= 11 is 0. The second-order valence-corrected chi connectivity index (χ2v) is 4.59. The Balaban J connectivity index is 2.33. The van der Waals surface area contributed by atoms with Crippen LogP contribution in [0.3, 0.4) is 0 Å². The summed E-state index contributed by atoms with van der Waals surface area (Å²) < 4.78 is 19.2. The monoisotopic (exact) mass is 274 g/mol. The fourth-order valence-corrected chi connectivity index (χ4v) is 2.25. The lowest BCUT2D eigenvalue weighted by molar-refractivity contribution is 0.414. The second kappa shape index (κ2) is 6.39. The molecule has 2 rings (SSSR count). The van der Waals surface area contributed by atoms with Crippen molar-refractivity contribution in [2.24, 2.45) is 5.73 Å². The number of hydrogen-bond donors (Lipinski definition) is 1. The molecule has 0 aromatic heterocycles. The lowest BCUT2D eigenvalue weighted by Gasteiger charge is -2.30. The number of methoxy groups -OCH3 is 1. The zero-order valence-electron chi connectivity index (χ0n) is 11.7. The summed E-state index contributed by atoms with van der Waals surface area (Å²) in [6.45, 7) is 0.328. The van der Waals surface area contributed by atoms with Gasteiger partial charge in [-0.3, -0.25) is 0 Å². The van der Waals surface area contributed by atoms with Gasteiger partial charge >= 0.3 is 0 Å². The Morgan fingerprint density at radius 1 is 1.20 bits per heavy atom. The van der Waals surface area contributed by atoms with E-state index < -0.39 is 0 Å². The van der Waals surface area contributed by atoms with Crippen LogP contribution >= 0.6 is 0 Å². The molecule has 3 nitrogen and oxygen atoms in total. The van der Waals surface area contributed by atoms with Crippen LogP contribution in [-0.2, 0) is 0 Å². The van der Waals surface area contributed by atoms with Crippen LogP contribution < -0.4 is 15.4 Å². The maximum Gasteiger partial charge on any atom is 0.128 e. The van der Waals surface area contributed by atoms with Crippen molar-refractivity contribution in [3.8, 4) is 5.75 Å². The molecule has 0 aliphatic heterocycles. The first kappa shape index (κ1) is 14.3. The summed E-state index contributed by atoms with van der Waals surface area (Å²) in [5, 5.41) is 0. The first-order chi connectivity index (χ1) is 9.67. The molecule has 0 spiro atoms. The van der Waals surface area contributed by atoms with Gasteiger partial charge in [0.2, 0.25) is 0 Å². The number of hydrogen-bond acceptors (Lipinski definition) is 3. The number of anilines is 1. The Morgan fingerprint density at radius 2 is 1.95 bits per heavy atom. The van der Waals surface area contributed by atoms with Gasteiger partial charge in [0.1, 0.15) is 11.6 Å². The lowest BCUT2D eigenvalue weighted by Crippen LogP contribution is -2.31. The van der Waals surface area contributed by atoms with Crippen LogP contribution in [0.5, 0.6) is 5.75 Å². The SMILES string of the molecule is COc1cccc(N(C)C(CN)c2ccccc2F)c1. The normalized spacial score (nSPS) is 12.0. The number of likely N-dealkylation sites (N-methyl/N-ethyl adjacent to an activating group) is 1. The first-order valence-corrected chi connectivity index (χ1v) is 6.48. The molecule has 0 saturated heterocycles. The minimum atomic E-state index is -0.238. The van der Waals surface area contributed by atoms with Gasteiger partial charge in [0.15, 0.2) is 0 Å². The number of halogens is 1. The molecular weight excluding hydrogens is 255 g/mol. The van der Waals surface area contributed by atoms with Crippen molar-refractivity contribution in [1.29, 1.82) is 0 Å². The van der Waals surface area contributed by atoms with E-state index in [0.717, 1.165) is 11.4 Å². The van der Waals surface area contributed by atoms with Gasteiger partial charge in [-0.05, 0) is 18.2 Å². The van der Waals surface area contributed by atoms with Crippen molar-refractivity contribution in [3.05, 3.63) is 59.9 Å². The van der Waals surface area contributed by atoms with Gasteiger partial charge in [0.05, 0.1) is 13.2 Å². The van der Waals surface area contributed by atoms with Crippen LogP contribution in [0.4, 0.5) is 10.1 Å². The Labute approximate surface area is 118 Å². The zero-order chi connectivity index (χ0) is 14.5. The third-order valence-electron chi connectivity index (χ3n) is 3.42. The highest BCUT2D eigenvalue weighted by Gasteiger charge is 2.19. The minimum absolute atomic E-state index is 0.219. The van der Waals surface area contributed by atoms with Crippen LogP contribution in [0, 0.1) is 5.82 Å². The Morgan fingerprint density at radius 3 is 2.60 bits per heavy atom. The number of rotatable bonds is 5. The van der Waals surface area contributed by atoms with Crippen molar-refractivity contribution in [2.75, 3.05) is 25.6 Å². The molecule has 0 radical (unpaired) electrons. The van der Waals surface area contributed by atoms with Crippen molar-refractivity contribution < 1.29 is 9.13 Å². The quantitative estimate of drug-likeness (QED) is 0.911. The summed E-state index contributed by atoms with van der Waals surface area (Å²) in [4.78, 5) is 1.96. The standard InChI is InChI=1S/C16H19FN2O/c1-19(12-6-5-7-13(10-12)20-2)16(11-18)14-8-3-4-9-15(14)17/h3-10,16H,11,18H2,1-2H3. The molecule has 0 aliphatic rings. The first-order valence-electron chi connectivity index (χ1n) is 6.48. The van der Waals surface area contributed by atoms with E-state index >= 15 is 0 Å². The molecular formula is C16H19FN2O.